The fourth-order valence-electron chi connectivity index (χ4n) is 4.16. The number of hydrogen-bond acceptors (Lipinski definition) is 9. The Kier molecular flexibility index (Phi) is 8.96. The van der Waals surface area contributed by atoms with Crippen molar-refractivity contribution in [2.24, 2.45) is 0 Å². The van der Waals surface area contributed by atoms with Gasteiger partial charge in [0.15, 0.2) is 15.7 Å². The average Bonchev–Trinajstić information content (AvgIpc) is 3.35. The molecule has 4 rings (SSSR count). The highest BCUT2D eigenvalue weighted by molar-refractivity contribution is 7.92. The topological polar surface area (TPSA) is 106 Å². The fraction of sp³-hybridized carbons (Fsp3) is 0.407. The molecular weight excluding hydrogens is 526 g/mol. The third-order valence-corrected chi connectivity index (χ3v) is 8.78. The van der Waals surface area contributed by atoms with Crippen LogP contribution in [0.25, 0.3) is 0 Å². The molecule has 1 aliphatic heterocycles. The van der Waals surface area contributed by atoms with Crippen LogP contribution in [0.4, 0.5) is 23.1 Å². The third kappa shape index (κ3) is 6.48. The molecule has 0 saturated carbocycles. The van der Waals surface area contributed by atoms with Crippen molar-refractivity contribution in [2.45, 2.75) is 50.4 Å². The van der Waals surface area contributed by atoms with Gasteiger partial charge in [-0.2, -0.15) is 4.98 Å². The summed E-state index contributed by atoms with van der Waals surface area (Å²) in [7, 11) is -3.52. The highest BCUT2D eigenvalue weighted by Crippen LogP contribution is 2.34. The number of sulfone groups is 1. The molecule has 0 amide bonds. The van der Waals surface area contributed by atoms with E-state index in [9.17, 15) is 8.42 Å². The molecule has 0 bridgehead atoms. The molecule has 38 heavy (non-hydrogen) atoms. The van der Waals surface area contributed by atoms with Crippen molar-refractivity contribution < 1.29 is 17.9 Å². The molecule has 0 aliphatic carbocycles. The van der Waals surface area contributed by atoms with Crippen LogP contribution in [0.15, 0.2) is 53.6 Å². The lowest BCUT2D eigenvalue weighted by molar-refractivity contribution is 0.201. The van der Waals surface area contributed by atoms with Gasteiger partial charge >= 0.3 is 0 Å². The first-order valence-electron chi connectivity index (χ1n) is 12.8. The molecule has 204 valence electrons. The molecule has 1 atom stereocenters. The molecule has 1 fully saturated rings. The second-order valence-corrected chi connectivity index (χ2v) is 12.1. The van der Waals surface area contributed by atoms with Gasteiger partial charge in [-0.05, 0) is 58.0 Å². The molecule has 1 unspecified atom stereocenters. The van der Waals surface area contributed by atoms with Gasteiger partial charge in [-0.1, -0.05) is 30.7 Å². The molecule has 1 saturated heterocycles. The standard InChI is InChI=1S/C27H34ClN5O4S/c1-5-33-14-13-20(17-33)37-19-11-12-22(24(15-19)36-6-2)31-27-29-16-21(28)26(32-27)30-23-9-7-8-10-25(23)38(34,35)18(3)4/h7-12,15-16,18,20H,5-6,13-14,17H2,1-4H3,(H2,29,30,31,32). The molecule has 1 aliphatic rings. The number of benzene rings is 2. The summed E-state index contributed by atoms with van der Waals surface area (Å²) in [6.07, 6.45) is 2.60. The smallest absolute Gasteiger partial charge is 0.229 e. The minimum Gasteiger partial charge on any atom is -0.492 e. The number of ether oxygens (including phenoxy) is 2. The molecule has 9 nitrogen and oxygen atoms in total. The molecule has 11 heteroatoms. The van der Waals surface area contributed by atoms with Crippen molar-refractivity contribution in [3.63, 3.8) is 0 Å². The lowest BCUT2D eigenvalue weighted by Gasteiger charge is -2.18. The number of likely N-dealkylation sites (tertiary alicyclic amines) is 1. The molecule has 0 spiro atoms. The zero-order valence-corrected chi connectivity index (χ0v) is 23.6. The van der Waals surface area contributed by atoms with E-state index in [0.717, 1.165) is 31.8 Å². The number of likely N-dealkylation sites (N-methyl/N-ethyl adjacent to an activating group) is 1. The Bertz CT molecular complexity index is 1370. The predicted molar refractivity (Wildman–Crippen MR) is 151 cm³/mol. The summed E-state index contributed by atoms with van der Waals surface area (Å²) >= 11 is 6.37. The number of halogens is 1. The summed E-state index contributed by atoms with van der Waals surface area (Å²) in [6.45, 7) is 10.8. The van der Waals surface area contributed by atoms with E-state index in [1.54, 1.807) is 38.1 Å². The number of rotatable bonds is 11. The van der Waals surface area contributed by atoms with E-state index in [1.807, 2.05) is 25.1 Å². The van der Waals surface area contributed by atoms with Gasteiger partial charge in [0.2, 0.25) is 5.95 Å². The van der Waals surface area contributed by atoms with Gasteiger partial charge in [0, 0.05) is 19.2 Å². The van der Waals surface area contributed by atoms with E-state index < -0.39 is 15.1 Å². The van der Waals surface area contributed by atoms with Crippen molar-refractivity contribution in [1.82, 2.24) is 14.9 Å². The van der Waals surface area contributed by atoms with Crippen LogP contribution >= 0.6 is 11.6 Å². The van der Waals surface area contributed by atoms with Crippen LogP contribution < -0.4 is 20.1 Å². The zero-order chi connectivity index (χ0) is 27.3. The van der Waals surface area contributed by atoms with Gasteiger partial charge in [0.1, 0.15) is 22.6 Å². The van der Waals surface area contributed by atoms with Gasteiger partial charge in [-0.25, -0.2) is 13.4 Å². The van der Waals surface area contributed by atoms with Gasteiger partial charge in [0.25, 0.3) is 0 Å². The summed E-state index contributed by atoms with van der Waals surface area (Å²) in [6, 6.07) is 12.3. The SMILES string of the molecule is CCOc1cc(OC2CCN(CC)C2)ccc1Nc1ncc(Cl)c(Nc2ccccc2S(=O)(=O)C(C)C)n1. The Morgan fingerprint density at radius 3 is 2.63 bits per heavy atom. The van der Waals surface area contributed by atoms with E-state index >= 15 is 0 Å². The Morgan fingerprint density at radius 1 is 1.13 bits per heavy atom. The van der Waals surface area contributed by atoms with Gasteiger partial charge in [-0.3, -0.25) is 4.90 Å². The van der Waals surface area contributed by atoms with E-state index in [0.29, 0.717) is 23.7 Å². The minimum atomic E-state index is -3.52. The quantitative estimate of drug-likeness (QED) is 0.307. The van der Waals surface area contributed by atoms with Crippen LogP contribution in [0.5, 0.6) is 11.5 Å². The molecule has 2 aromatic carbocycles. The molecule has 3 aromatic rings. The summed E-state index contributed by atoms with van der Waals surface area (Å²) in [5, 5.41) is 5.92. The van der Waals surface area contributed by atoms with Gasteiger partial charge < -0.3 is 20.1 Å². The van der Waals surface area contributed by atoms with Crippen molar-refractivity contribution >= 4 is 44.6 Å². The second-order valence-electron chi connectivity index (χ2n) is 9.24. The lowest BCUT2D eigenvalue weighted by Crippen LogP contribution is -2.24. The minimum absolute atomic E-state index is 0.152. The summed E-state index contributed by atoms with van der Waals surface area (Å²) in [5.74, 6) is 1.89. The van der Waals surface area contributed by atoms with Crippen LogP contribution in [-0.4, -0.2) is 60.9 Å². The number of hydrogen-bond donors (Lipinski definition) is 2. The highest BCUT2D eigenvalue weighted by Gasteiger charge is 2.24. The van der Waals surface area contributed by atoms with Crippen LogP contribution in [0.2, 0.25) is 5.02 Å². The largest absolute Gasteiger partial charge is 0.492 e. The van der Waals surface area contributed by atoms with Crippen molar-refractivity contribution in [3.05, 3.63) is 53.7 Å². The Balaban J connectivity index is 1.56. The third-order valence-electron chi connectivity index (χ3n) is 6.29. The van der Waals surface area contributed by atoms with Crippen LogP contribution in [0.1, 0.15) is 34.1 Å². The van der Waals surface area contributed by atoms with Crippen molar-refractivity contribution in [1.29, 1.82) is 0 Å². The molecule has 0 radical (unpaired) electrons. The number of anilines is 4. The second kappa shape index (κ2) is 12.2. The van der Waals surface area contributed by atoms with Crippen LogP contribution in [0, 0.1) is 0 Å². The summed E-state index contributed by atoms with van der Waals surface area (Å²) in [5.41, 5.74) is 1.05. The Labute approximate surface area is 229 Å². The zero-order valence-electron chi connectivity index (χ0n) is 22.1. The van der Waals surface area contributed by atoms with Crippen LogP contribution in [0.3, 0.4) is 0 Å². The molecule has 2 N–H and O–H groups in total. The van der Waals surface area contributed by atoms with Crippen LogP contribution in [-0.2, 0) is 9.84 Å². The predicted octanol–water partition coefficient (Wildman–Crippen LogP) is 5.67. The number of nitrogens with one attached hydrogen (secondary N) is 2. The van der Waals surface area contributed by atoms with E-state index in [4.69, 9.17) is 21.1 Å². The van der Waals surface area contributed by atoms with E-state index in [1.165, 1.54) is 6.20 Å². The number of para-hydroxylation sites is 1. The molecule has 1 aromatic heterocycles. The van der Waals surface area contributed by atoms with Crippen molar-refractivity contribution in [2.75, 3.05) is 36.9 Å². The highest BCUT2D eigenvalue weighted by atomic mass is 35.5. The molecular formula is C27H34ClN5O4S. The monoisotopic (exact) mass is 559 g/mol. The normalized spacial score (nSPS) is 16.0. The van der Waals surface area contributed by atoms with Crippen molar-refractivity contribution in [3.8, 4) is 11.5 Å². The first-order chi connectivity index (χ1) is 18.2. The first-order valence-corrected chi connectivity index (χ1v) is 14.7. The average molecular weight is 560 g/mol. The van der Waals surface area contributed by atoms with E-state index in [-0.39, 0.29) is 27.8 Å². The summed E-state index contributed by atoms with van der Waals surface area (Å²) in [4.78, 5) is 11.3. The van der Waals surface area contributed by atoms with Gasteiger partial charge in [-0.15, -0.1) is 0 Å². The summed E-state index contributed by atoms with van der Waals surface area (Å²) < 4.78 is 37.8. The first kappa shape index (κ1) is 27.9. The van der Waals surface area contributed by atoms with E-state index in [2.05, 4.69) is 32.4 Å². The Morgan fingerprint density at radius 2 is 1.92 bits per heavy atom. The lowest BCUT2D eigenvalue weighted by atomic mass is 10.2. The number of nitrogens with zero attached hydrogens (tertiary/aromatic N) is 3. The number of aromatic nitrogens is 2. The van der Waals surface area contributed by atoms with Gasteiger partial charge in [0.05, 0.1) is 34.3 Å². The maximum atomic E-state index is 12.9. The maximum Gasteiger partial charge on any atom is 0.229 e. The fourth-order valence-corrected chi connectivity index (χ4v) is 5.50. The Hall–Kier alpha value is -3.08. The maximum absolute atomic E-state index is 12.9. The molecule has 2 heterocycles.